The van der Waals surface area contributed by atoms with Gasteiger partial charge in [0.1, 0.15) is 0 Å². The third-order valence-corrected chi connectivity index (χ3v) is 2.38. The molecule has 1 aromatic rings. The molecule has 0 aliphatic heterocycles. The average molecular weight is 283 g/mol. The first-order chi connectivity index (χ1) is 7.58. The maximum Gasteiger partial charge on any atom is 0.0703 e. The van der Waals surface area contributed by atoms with Gasteiger partial charge in [-0.3, -0.25) is 0 Å². The van der Waals surface area contributed by atoms with Gasteiger partial charge in [0.15, 0.2) is 0 Å². The summed E-state index contributed by atoms with van der Waals surface area (Å²) in [6.45, 7) is 9.55. The number of hydrogen-bond acceptors (Lipinski definition) is 2. The molecule has 3 nitrogen and oxygen atoms in total. The largest absolute Gasteiger partial charge is 0.392 e. The molecule has 0 saturated carbocycles. The number of hydrogen-bond donors (Lipinski definition) is 1. The van der Waals surface area contributed by atoms with Gasteiger partial charge in [-0.1, -0.05) is 36.0 Å². The third kappa shape index (κ3) is 3.18. The predicted octanol–water partition coefficient (Wildman–Crippen LogP) is 2.74. The fraction of sp³-hybridized carbons (Fsp3) is 0.250. The number of allylic oxidation sites excluding steroid dienone is 2. The van der Waals surface area contributed by atoms with Crippen molar-refractivity contribution in [1.82, 2.24) is 9.78 Å². The predicted molar refractivity (Wildman–Crippen MR) is 70.2 cm³/mol. The number of nitrogens with zero attached hydrogens (tertiary/aromatic N) is 2. The second-order valence-electron chi connectivity index (χ2n) is 3.33. The highest BCUT2D eigenvalue weighted by molar-refractivity contribution is 9.11. The summed E-state index contributed by atoms with van der Waals surface area (Å²) in [5.74, 6) is 0. The smallest absolute Gasteiger partial charge is 0.0703 e. The van der Waals surface area contributed by atoms with Crippen molar-refractivity contribution in [3.8, 4) is 0 Å². The standard InChI is InChI=1S/C12H15BrN2O/c1-4-12-5-6-15(14-12)10(3)11(8-16)7-9(2)13/h5-7,16H,2-4,8H2,1H3. The fourth-order valence-corrected chi connectivity index (χ4v) is 1.53. The Hall–Kier alpha value is -1.13. The Morgan fingerprint density at radius 3 is 2.75 bits per heavy atom. The molecule has 16 heavy (non-hydrogen) atoms. The third-order valence-electron chi connectivity index (χ3n) is 2.15. The molecule has 0 amide bonds. The summed E-state index contributed by atoms with van der Waals surface area (Å²) in [5, 5.41) is 13.6. The molecule has 0 spiro atoms. The number of aliphatic hydroxyl groups is 1. The highest BCUT2D eigenvalue weighted by Crippen LogP contribution is 2.17. The lowest BCUT2D eigenvalue weighted by Crippen LogP contribution is -2.03. The van der Waals surface area contributed by atoms with E-state index in [2.05, 4.69) is 34.2 Å². The first kappa shape index (κ1) is 12.9. The van der Waals surface area contributed by atoms with Crippen LogP contribution in [0.15, 0.2) is 41.6 Å². The van der Waals surface area contributed by atoms with Crippen molar-refractivity contribution in [3.63, 3.8) is 0 Å². The topological polar surface area (TPSA) is 38.0 Å². The zero-order valence-corrected chi connectivity index (χ0v) is 10.9. The zero-order chi connectivity index (χ0) is 12.1. The summed E-state index contributed by atoms with van der Waals surface area (Å²) in [6.07, 6.45) is 4.45. The molecular weight excluding hydrogens is 268 g/mol. The molecule has 4 heteroatoms. The van der Waals surface area contributed by atoms with Crippen LogP contribution in [0.5, 0.6) is 0 Å². The van der Waals surface area contributed by atoms with Crippen molar-refractivity contribution in [2.45, 2.75) is 13.3 Å². The number of rotatable bonds is 5. The maximum absolute atomic E-state index is 9.24. The Kier molecular flexibility index (Phi) is 4.71. The molecule has 0 unspecified atom stereocenters. The molecule has 0 aliphatic carbocycles. The Morgan fingerprint density at radius 1 is 1.62 bits per heavy atom. The van der Waals surface area contributed by atoms with Crippen molar-refractivity contribution in [2.24, 2.45) is 0 Å². The van der Waals surface area contributed by atoms with Gasteiger partial charge in [0.05, 0.1) is 18.0 Å². The molecule has 1 rings (SSSR count). The SMILES string of the molecule is C=C(Br)C=C(CO)C(=C)n1ccc(CC)n1. The van der Waals surface area contributed by atoms with E-state index >= 15 is 0 Å². The molecule has 0 aromatic carbocycles. The molecule has 0 aliphatic rings. The van der Waals surface area contributed by atoms with Gasteiger partial charge in [-0.05, 0) is 18.6 Å². The van der Waals surface area contributed by atoms with Gasteiger partial charge in [0.2, 0.25) is 0 Å². The van der Waals surface area contributed by atoms with E-state index in [1.54, 1.807) is 10.8 Å². The van der Waals surface area contributed by atoms with Crippen LogP contribution in [0.1, 0.15) is 12.6 Å². The van der Waals surface area contributed by atoms with Crippen LogP contribution in [0.25, 0.3) is 5.70 Å². The minimum atomic E-state index is -0.0925. The van der Waals surface area contributed by atoms with Crippen LogP contribution < -0.4 is 0 Å². The van der Waals surface area contributed by atoms with Gasteiger partial charge in [0.25, 0.3) is 0 Å². The fourth-order valence-electron chi connectivity index (χ4n) is 1.26. The van der Waals surface area contributed by atoms with E-state index in [4.69, 9.17) is 0 Å². The van der Waals surface area contributed by atoms with Gasteiger partial charge in [0, 0.05) is 16.3 Å². The highest BCUT2D eigenvalue weighted by atomic mass is 79.9. The number of halogens is 1. The van der Waals surface area contributed by atoms with Crippen molar-refractivity contribution >= 4 is 21.6 Å². The van der Waals surface area contributed by atoms with Crippen molar-refractivity contribution < 1.29 is 5.11 Å². The summed E-state index contributed by atoms with van der Waals surface area (Å²) < 4.78 is 2.36. The Bertz CT molecular complexity index is 432. The minimum absolute atomic E-state index is 0.0925. The first-order valence-corrected chi connectivity index (χ1v) is 5.77. The molecule has 1 N–H and O–H groups in total. The Morgan fingerprint density at radius 2 is 2.31 bits per heavy atom. The number of aliphatic hydroxyl groups excluding tert-OH is 1. The second-order valence-corrected chi connectivity index (χ2v) is 4.35. The van der Waals surface area contributed by atoms with Crippen LogP contribution in [-0.2, 0) is 6.42 Å². The van der Waals surface area contributed by atoms with Crippen molar-refractivity contribution in [1.29, 1.82) is 0 Å². The van der Waals surface area contributed by atoms with E-state index in [1.807, 2.05) is 19.2 Å². The lowest BCUT2D eigenvalue weighted by atomic mass is 10.2. The van der Waals surface area contributed by atoms with Gasteiger partial charge in [-0.25, -0.2) is 4.68 Å². The second kappa shape index (κ2) is 5.82. The molecule has 1 heterocycles. The van der Waals surface area contributed by atoms with Crippen LogP contribution >= 0.6 is 15.9 Å². The molecule has 1 aromatic heterocycles. The average Bonchev–Trinajstić information content (AvgIpc) is 2.73. The highest BCUT2D eigenvalue weighted by Gasteiger charge is 2.06. The van der Waals surface area contributed by atoms with Gasteiger partial charge < -0.3 is 5.11 Å². The monoisotopic (exact) mass is 282 g/mol. The summed E-state index contributed by atoms with van der Waals surface area (Å²) in [7, 11) is 0. The van der Waals surface area contributed by atoms with E-state index in [0.29, 0.717) is 15.8 Å². The minimum Gasteiger partial charge on any atom is -0.392 e. The summed E-state index contributed by atoms with van der Waals surface area (Å²) in [5.41, 5.74) is 2.34. The van der Waals surface area contributed by atoms with E-state index in [-0.39, 0.29) is 6.61 Å². The van der Waals surface area contributed by atoms with Crippen LogP contribution in [0.3, 0.4) is 0 Å². The molecule has 0 atom stereocenters. The molecule has 86 valence electrons. The molecule has 0 bridgehead atoms. The van der Waals surface area contributed by atoms with Gasteiger partial charge in [-0.2, -0.15) is 5.10 Å². The van der Waals surface area contributed by atoms with Crippen LogP contribution in [0.2, 0.25) is 0 Å². The zero-order valence-electron chi connectivity index (χ0n) is 9.28. The Balaban J connectivity index is 2.95. The van der Waals surface area contributed by atoms with Crippen molar-refractivity contribution in [3.05, 3.63) is 47.2 Å². The van der Waals surface area contributed by atoms with Gasteiger partial charge >= 0.3 is 0 Å². The number of aryl methyl sites for hydroxylation is 1. The lowest BCUT2D eigenvalue weighted by molar-refractivity contribution is 0.335. The normalized spacial score (nSPS) is 11.6. The summed E-state index contributed by atoms with van der Waals surface area (Å²) in [6, 6.07) is 1.93. The summed E-state index contributed by atoms with van der Waals surface area (Å²) in [4.78, 5) is 0. The number of aromatic nitrogens is 2. The van der Waals surface area contributed by atoms with E-state index in [1.165, 1.54) is 0 Å². The van der Waals surface area contributed by atoms with Gasteiger partial charge in [-0.15, -0.1) is 0 Å². The quantitative estimate of drug-likeness (QED) is 0.844. The van der Waals surface area contributed by atoms with Crippen LogP contribution in [-0.4, -0.2) is 21.5 Å². The summed E-state index contributed by atoms with van der Waals surface area (Å²) >= 11 is 3.22. The maximum atomic E-state index is 9.24. The van der Waals surface area contributed by atoms with E-state index in [0.717, 1.165) is 12.1 Å². The van der Waals surface area contributed by atoms with E-state index in [9.17, 15) is 5.11 Å². The van der Waals surface area contributed by atoms with Crippen LogP contribution in [0.4, 0.5) is 0 Å². The lowest BCUT2D eigenvalue weighted by Gasteiger charge is -2.08. The van der Waals surface area contributed by atoms with Crippen molar-refractivity contribution in [2.75, 3.05) is 6.61 Å². The molecule has 0 fully saturated rings. The Labute approximate surface area is 104 Å². The van der Waals surface area contributed by atoms with E-state index < -0.39 is 0 Å². The molecular formula is C12H15BrN2O. The molecule has 0 saturated heterocycles. The molecule has 0 radical (unpaired) electrons. The van der Waals surface area contributed by atoms with Crippen LogP contribution in [0, 0.1) is 0 Å². The first-order valence-electron chi connectivity index (χ1n) is 4.98.